The van der Waals surface area contributed by atoms with Crippen LogP contribution in [0, 0.1) is 20.2 Å². The summed E-state index contributed by atoms with van der Waals surface area (Å²) in [4.78, 5) is 31.7. The van der Waals surface area contributed by atoms with Gasteiger partial charge in [0.15, 0.2) is 0 Å². The number of hydrogen-bond donors (Lipinski definition) is 1. The van der Waals surface area contributed by atoms with E-state index in [9.17, 15) is 25.0 Å². The molecule has 0 aliphatic carbocycles. The van der Waals surface area contributed by atoms with Crippen molar-refractivity contribution < 1.29 is 19.7 Å². The van der Waals surface area contributed by atoms with Gasteiger partial charge < -0.3 is 5.11 Å². The van der Waals surface area contributed by atoms with E-state index in [1.807, 2.05) is 0 Å². The molecule has 0 rings (SSSR count). The Bertz CT molecular complexity index is 476. The molecule has 0 bridgehead atoms. The molecule has 0 aliphatic rings. The molecule has 0 spiro atoms. The van der Waals surface area contributed by atoms with E-state index in [1.54, 1.807) is 0 Å². The lowest BCUT2D eigenvalue weighted by Gasteiger charge is -2.04. The minimum atomic E-state index is -0.825. The smallest absolute Gasteiger partial charge is 0.318 e. The summed E-state index contributed by atoms with van der Waals surface area (Å²) in [6, 6.07) is 0. The molecule has 0 radical (unpaired) electrons. The summed E-state index contributed by atoms with van der Waals surface area (Å²) in [5, 5.41) is 31.0. The average Bonchev–Trinajstić information content (AvgIpc) is 2.57. The SMILES string of the molecule is CCCCCCCC/C(=C(\CCCCCCCC(=O)O)[N+](=O)[O-])[N+](=O)[O-]. The molecule has 0 fully saturated rings. The largest absolute Gasteiger partial charge is 0.481 e. The van der Waals surface area contributed by atoms with Gasteiger partial charge in [0.1, 0.15) is 0 Å². The molecule has 0 aliphatic heterocycles. The number of carboxylic acid groups (broad SMARTS) is 1. The van der Waals surface area contributed by atoms with Crippen LogP contribution in [0.4, 0.5) is 0 Å². The zero-order valence-electron chi connectivity index (χ0n) is 15.8. The van der Waals surface area contributed by atoms with Gasteiger partial charge in [0.2, 0.25) is 0 Å². The molecule has 26 heavy (non-hydrogen) atoms. The Morgan fingerprint density at radius 3 is 1.38 bits per heavy atom. The second-order valence-corrected chi connectivity index (χ2v) is 6.59. The fraction of sp³-hybridized carbons (Fsp3) is 0.833. The van der Waals surface area contributed by atoms with Gasteiger partial charge in [0, 0.05) is 19.3 Å². The Balaban J connectivity index is 4.38. The van der Waals surface area contributed by atoms with Gasteiger partial charge in [-0.2, -0.15) is 0 Å². The van der Waals surface area contributed by atoms with Crippen LogP contribution in [0.5, 0.6) is 0 Å². The highest BCUT2D eigenvalue weighted by molar-refractivity contribution is 5.66. The molecule has 0 aromatic carbocycles. The standard InChI is InChI=1S/C18H32N2O6/c1-2-3-4-5-7-10-13-16(19(23)24)17(20(25)26)14-11-8-6-9-12-15-18(21)22/h2-15H2,1H3,(H,21,22)/b17-16-. The predicted molar refractivity (Wildman–Crippen MR) is 99.0 cm³/mol. The summed E-state index contributed by atoms with van der Waals surface area (Å²) < 4.78 is 0. The van der Waals surface area contributed by atoms with Crippen molar-refractivity contribution in [2.45, 2.75) is 96.8 Å². The summed E-state index contributed by atoms with van der Waals surface area (Å²) in [5.74, 6) is -0.825. The van der Waals surface area contributed by atoms with Crippen molar-refractivity contribution in [3.05, 3.63) is 31.6 Å². The van der Waals surface area contributed by atoms with E-state index in [1.165, 1.54) is 0 Å². The number of rotatable bonds is 17. The van der Waals surface area contributed by atoms with Crippen LogP contribution in [-0.4, -0.2) is 20.9 Å². The van der Waals surface area contributed by atoms with Gasteiger partial charge >= 0.3 is 17.4 Å². The minimum Gasteiger partial charge on any atom is -0.481 e. The molecule has 1 N–H and O–H groups in total. The van der Waals surface area contributed by atoms with E-state index in [4.69, 9.17) is 5.11 Å². The van der Waals surface area contributed by atoms with Crippen molar-refractivity contribution in [3.8, 4) is 0 Å². The maximum Gasteiger partial charge on any atom is 0.318 e. The number of allylic oxidation sites excluding steroid dienone is 2. The fourth-order valence-electron chi connectivity index (χ4n) is 2.85. The maximum absolute atomic E-state index is 11.2. The average molecular weight is 372 g/mol. The molecule has 0 atom stereocenters. The van der Waals surface area contributed by atoms with E-state index in [-0.39, 0.29) is 30.7 Å². The molecule has 0 saturated carbocycles. The van der Waals surface area contributed by atoms with E-state index in [0.717, 1.165) is 44.9 Å². The first-order valence-electron chi connectivity index (χ1n) is 9.62. The number of unbranched alkanes of at least 4 members (excludes halogenated alkanes) is 9. The quantitative estimate of drug-likeness (QED) is 0.209. The van der Waals surface area contributed by atoms with E-state index in [2.05, 4.69) is 6.92 Å². The number of carbonyl (C=O) groups is 1. The Labute approximate surface area is 155 Å². The van der Waals surface area contributed by atoms with Crippen molar-refractivity contribution in [3.63, 3.8) is 0 Å². The van der Waals surface area contributed by atoms with Crippen LogP contribution in [-0.2, 0) is 4.79 Å². The van der Waals surface area contributed by atoms with Gasteiger partial charge in [-0.05, 0) is 19.3 Å². The molecular weight excluding hydrogens is 340 g/mol. The summed E-state index contributed by atoms with van der Waals surface area (Å²) in [6.07, 6.45) is 9.54. The molecule has 0 aromatic rings. The van der Waals surface area contributed by atoms with Crippen LogP contribution >= 0.6 is 0 Å². The van der Waals surface area contributed by atoms with Gasteiger partial charge in [-0.15, -0.1) is 0 Å². The Hall–Kier alpha value is -1.99. The lowest BCUT2D eigenvalue weighted by atomic mass is 10.0. The van der Waals surface area contributed by atoms with Crippen molar-refractivity contribution in [2.75, 3.05) is 0 Å². The van der Waals surface area contributed by atoms with Gasteiger partial charge in [0.05, 0.1) is 9.85 Å². The molecule has 0 unspecified atom stereocenters. The van der Waals surface area contributed by atoms with Gasteiger partial charge in [-0.25, -0.2) is 0 Å². The number of nitrogens with zero attached hydrogens (tertiary/aromatic N) is 2. The van der Waals surface area contributed by atoms with Crippen LogP contribution in [0.3, 0.4) is 0 Å². The number of nitro groups is 2. The molecule has 0 saturated heterocycles. The molecule has 8 nitrogen and oxygen atoms in total. The lowest BCUT2D eigenvalue weighted by Crippen LogP contribution is -2.10. The molecule has 0 aromatic heterocycles. The van der Waals surface area contributed by atoms with Crippen LogP contribution in [0.15, 0.2) is 11.4 Å². The summed E-state index contributed by atoms with van der Waals surface area (Å²) in [5.41, 5.74) is -0.523. The van der Waals surface area contributed by atoms with Crippen LogP contribution in [0.1, 0.15) is 96.8 Å². The molecule has 8 heteroatoms. The maximum atomic E-state index is 11.2. The Morgan fingerprint density at radius 2 is 1.04 bits per heavy atom. The van der Waals surface area contributed by atoms with E-state index >= 15 is 0 Å². The highest BCUT2D eigenvalue weighted by Crippen LogP contribution is 2.21. The first kappa shape index (κ1) is 24.0. The number of carboxylic acids is 1. The normalized spacial score (nSPS) is 11.9. The molecule has 0 heterocycles. The van der Waals surface area contributed by atoms with Crippen molar-refractivity contribution in [2.24, 2.45) is 0 Å². The van der Waals surface area contributed by atoms with Crippen LogP contribution < -0.4 is 0 Å². The van der Waals surface area contributed by atoms with Crippen molar-refractivity contribution in [1.29, 1.82) is 0 Å². The van der Waals surface area contributed by atoms with Crippen LogP contribution in [0.25, 0.3) is 0 Å². The van der Waals surface area contributed by atoms with Gasteiger partial charge in [-0.3, -0.25) is 25.0 Å². The first-order valence-corrected chi connectivity index (χ1v) is 9.62. The second-order valence-electron chi connectivity index (χ2n) is 6.59. The number of hydrogen-bond acceptors (Lipinski definition) is 5. The molecule has 150 valence electrons. The van der Waals surface area contributed by atoms with Crippen LogP contribution in [0.2, 0.25) is 0 Å². The predicted octanol–water partition coefficient (Wildman–Crippen LogP) is 5.32. The summed E-state index contributed by atoms with van der Waals surface area (Å²) in [7, 11) is 0. The third kappa shape index (κ3) is 12.4. The zero-order chi connectivity index (χ0) is 19.8. The van der Waals surface area contributed by atoms with Gasteiger partial charge in [-0.1, -0.05) is 58.3 Å². The van der Waals surface area contributed by atoms with E-state index in [0.29, 0.717) is 25.7 Å². The topological polar surface area (TPSA) is 124 Å². The lowest BCUT2D eigenvalue weighted by molar-refractivity contribution is -0.475. The highest BCUT2D eigenvalue weighted by atomic mass is 16.6. The summed E-state index contributed by atoms with van der Waals surface area (Å²) >= 11 is 0. The zero-order valence-corrected chi connectivity index (χ0v) is 15.8. The third-order valence-corrected chi connectivity index (χ3v) is 4.35. The highest BCUT2D eigenvalue weighted by Gasteiger charge is 2.27. The summed E-state index contributed by atoms with van der Waals surface area (Å²) in [6.45, 7) is 2.11. The minimum absolute atomic E-state index is 0.0953. The number of aliphatic carboxylic acids is 1. The molecule has 0 amide bonds. The van der Waals surface area contributed by atoms with Crippen molar-refractivity contribution in [1.82, 2.24) is 0 Å². The molecular formula is C18H32N2O6. The Kier molecular flexibility index (Phi) is 14.1. The van der Waals surface area contributed by atoms with Gasteiger partial charge in [0.25, 0.3) is 0 Å². The second kappa shape index (κ2) is 15.3. The first-order chi connectivity index (χ1) is 12.4. The monoisotopic (exact) mass is 372 g/mol. The fourth-order valence-corrected chi connectivity index (χ4v) is 2.85. The third-order valence-electron chi connectivity index (χ3n) is 4.35. The van der Waals surface area contributed by atoms with E-state index < -0.39 is 15.8 Å². The Morgan fingerprint density at radius 1 is 0.692 bits per heavy atom. The van der Waals surface area contributed by atoms with Crippen molar-refractivity contribution >= 4 is 5.97 Å².